The lowest BCUT2D eigenvalue weighted by molar-refractivity contribution is 0.148. The average Bonchev–Trinajstić information content (AvgIpc) is 2.07. The van der Waals surface area contributed by atoms with E-state index in [0.717, 1.165) is 12.3 Å². The summed E-state index contributed by atoms with van der Waals surface area (Å²) in [5.74, 6) is 1.57. The third kappa shape index (κ3) is 1.23. The molecule has 0 aliphatic heterocycles. The molecule has 3 aliphatic carbocycles. The highest BCUT2D eigenvalue weighted by molar-refractivity contribution is 5.33. The first-order chi connectivity index (χ1) is 5.40. The summed E-state index contributed by atoms with van der Waals surface area (Å²) in [7, 11) is 0. The molecule has 2 nitrogen and oxygen atoms in total. The van der Waals surface area contributed by atoms with E-state index in [4.69, 9.17) is 0 Å². The van der Waals surface area contributed by atoms with E-state index in [0.29, 0.717) is 12.0 Å². The SMILES string of the molecule is O=C=NC1CC2CCC1CC2. The minimum atomic E-state index is 0.333. The molecule has 0 heterocycles. The van der Waals surface area contributed by atoms with E-state index in [1.54, 1.807) is 6.08 Å². The first-order valence-electron chi connectivity index (χ1n) is 4.47. The van der Waals surface area contributed by atoms with Gasteiger partial charge in [0, 0.05) is 0 Å². The van der Waals surface area contributed by atoms with Gasteiger partial charge in [-0.1, -0.05) is 12.8 Å². The van der Waals surface area contributed by atoms with Crippen LogP contribution in [0, 0.1) is 11.8 Å². The molecule has 3 rings (SSSR count). The summed E-state index contributed by atoms with van der Waals surface area (Å²) in [4.78, 5) is 13.9. The summed E-state index contributed by atoms with van der Waals surface area (Å²) < 4.78 is 0. The normalized spacial score (nSPS) is 41.6. The maximum absolute atomic E-state index is 10.1. The van der Waals surface area contributed by atoms with Crippen molar-refractivity contribution in [2.75, 3.05) is 0 Å². The fourth-order valence-corrected chi connectivity index (χ4v) is 2.57. The van der Waals surface area contributed by atoms with Gasteiger partial charge in [0.2, 0.25) is 6.08 Å². The van der Waals surface area contributed by atoms with Gasteiger partial charge in [-0.05, 0) is 31.1 Å². The van der Waals surface area contributed by atoms with E-state index >= 15 is 0 Å². The highest BCUT2D eigenvalue weighted by Gasteiger charge is 2.35. The van der Waals surface area contributed by atoms with Crippen LogP contribution in [0.4, 0.5) is 0 Å². The second kappa shape index (κ2) is 2.78. The lowest BCUT2D eigenvalue weighted by Gasteiger charge is -2.39. The number of hydrogen-bond acceptors (Lipinski definition) is 2. The third-order valence-corrected chi connectivity index (χ3v) is 3.23. The zero-order valence-electron chi connectivity index (χ0n) is 6.62. The van der Waals surface area contributed by atoms with Gasteiger partial charge in [0.1, 0.15) is 0 Å². The Balaban J connectivity index is 2.08. The third-order valence-electron chi connectivity index (χ3n) is 3.23. The number of nitrogens with zero attached hydrogens (tertiary/aromatic N) is 1. The fraction of sp³-hybridized carbons (Fsp3) is 0.889. The molecule has 0 radical (unpaired) electrons. The second-order valence-corrected chi connectivity index (χ2v) is 3.80. The summed E-state index contributed by atoms with van der Waals surface area (Å²) in [6, 6.07) is 0.333. The Kier molecular flexibility index (Phi) is 1.79. The summed E-state index contributed by atoms with van der Waals surface area (Å²) in [5.41, 5.74) is 0. The van der Waals surface area contributed by atoms with Crippen molar-refractivity contribution in [3.05, 3.63) is 0 Å². The standard InChI is InChI=1S/C9H13NO/c11-6-10-9-5-7-1-3-8(9)4-2-7/h7-9H,1-5H2. The minimum Gasteiger partial charge on any atom is -0.211 e. The molecular weight excluding hydrogens is 138 g/mol. The summed E-state index contributed by atoms with van der Waals surface area (Å²) in [6.45, 7) is 0. The molecule has 0 N–H and O–H groups in total. The molecule has 0 aromatic heterocycles. The predicted molar refractivity (Wildman–Crippen MR) is 42.0 cm³/mol. The van der Waals surface area contributed by atoms with Crippen LogP contribution in [-0.2, 0) is 4.79 Å². The van der Waals surface area contributed by atoms with Gasteiger partial charge in [-0.15, -0.1) is 0 Å². The lowest BCUT2D eigenvalue weighted by Crippen LogP contribution is -2.33. The van der Waals surface area contributed by atoms with E-state index < -0.39 is 0 Å². The van der Waals surface area contributed by atoms with Crippen molar-refractivity contribution in [3.8, 4) is 0 Å². The van der Waals surface area contributed by atoms with E-state index in [1.807, 2.05) is 0 Å². The van der Waals surface area contributed by atoms with Crippen molar-refractivity contribution >= 4 is 6.08 Å². The van der Waals surface area contributed by atoms with Gasteiger partial charge < -0.3 is 0 Å². The van der Waals surface area contributed by atoms with Crippen molar-refractivity contribution in [2.24, 2.45) is 16.8 Å². The van der Waals surface area contributed by atoms with E-state index in [2.05, 4.69) is 4.99 Å². The van der Waals surface area contributed by atoms with Gasteiger partial charge in [0.25, 0.3) is 0 Å². The van der Waals surface area contributed by atoms with Crippen LogP contribution in [0.5, 0.6) is 0 Å². The Morgan fingerprint density at radius 3 is 2.36 bits per heavy atom. The molecule has 1 atom stereocenters. The molecule has 1 unspecified atom stereocenters. The van der Waals surface area contributed by atoms with Crippen LogP contribution in [0.25, 0.3) is 0 Å². The van der Waals surface area contributed by atoms with Gasteiger partial charge in [-0.25, -0.2) is 9.79 Å². The van der Waals surface area contributed by atoms with Gasteiger partial charge in [-0.3, -0.25) is 0 Å². The molecule has 0 aromatic rings. The van der Waals surface area contributed by atoms with Crippen LogP contribution < -0.4 is 0 Å². The molecule has 2 heteroatoms. The zero-order valence-corrected chi connectivity index (χ0v) is 6.62. The Labute approximate surface area is 66.7 Å². The average molecular weight is 151 g/mol. The Hall–Kier alpha value is -0.620. The van der Waals surface area contributed by atoms with Crippen molar-refractivity contribution in [3.63, 3.8) is 0 Å². The quantitative estimate of drug-likeness (QED) is 0.415. The number of aliphatic imine (C=N–C) groups is 1. The van der Waals surface area contributed by atoms with Crippen LogP contribution in [0.3, 0.4) is 0 Å². The smallest absolute Gasteiger partial charge is 0.211 e. The van der Waals surface area contributed by atoms with E-state index in [9.17, 15) is 4.79 Å². The number of rotatable bonds is 1. The number of isocyanates is 1. The largest absolute Gasteiger partial charge is 0.235 e. The van der Waals surface area contributed by atoms with Crippen LogP contribution >= 0.6 is 0 Å². The molecule has 0 aromatic carbocycles. The van der Waals surface area contributed by atoms with Gasteiger partial charge in [0.15, 0.2) is 0 Å². The summed E-state index contributed by atoms with van der Waals surface area (Å²) in [5, 5.41) is 0. The zero-order chi connectivity index (χ0) is 7.68. The second-order valence-electron chi connectivity index (χ2n) is 3.80. The van der Waals surface area contributed by atoms with Crippen molar-refractivity contribution < 1.29 is 4.79 Å². The number of carbonyl (C=O) groups excluding carboxylic acids is 1. The van der Waals surface area contributed by atoms with Gasteiger partial charge in [-0.2, -0.15) is 0 Å². The summed E-state index contributed by atoms with van der Waals surface area (Å²) in [6.07, 6.45) is 8.18. The highest BCUT2D eigenvalue weighted by atomic mass is 16.1. The summed E-state index contributed by atoms with van der Waals surface area (Å²) >= 11 is 0. The van der Waals surface area contributed by atoms with Crippen molar-refractivity contribution in [1.82, 2.24) is 0 Å². The molecule has 3 aliphatic rings. The Morgan fingerprint density at radius 2 is 1.91 bits per heavy atom. The van der Waals surface area contributed by atoms with Crippen molar-refractivity contribution in [1.29, 1.82) is 0 Å². The molecule has 0 amide bonds. The van der Waals surface area contributed by atoms with Gasteiger partial charge in [0.05, 0.1) is 6.04 Å². The first-order valence-corrected chi connectivity index (χ1v) is 4.47. The Bertz CT molecular complexity index is 188. The monoisotopic (exact) mass is 151 g/mol. The predicted octanol–water partition coefficient (Wildman–Crippen LogP) is 1.90. The maximum atomic E-state index is 10.1. The molecular formula is C9H13NO. The molecule has 3 saturated carbocycles. The number of fused-ring (bicyclic) bond motifs is 3. The molecule has 11 heavy (non-hydrogen) atoms. The lowest BCUT2D eigenvalue weighted by atomic mass is 9.68. The van der Waals surface area contributed by atoms with Crippen LogP contribution in [-0.4, -0.2) is 12.1 Å². The van der Waals surface area contributed by atoms with Crippen molar-refractivity contribution in [2.45, 2.75) is 38.1 Å². The van der Waals surface area contributed by atoms with Gasteiger partial charge >= 0.3 is 0 Å². The van der Waals surface area contributed by atoms with Crippen LogP contribution in [0.1, 0.15) is 32.1 Å². The molecule has 0 spiro atoms. The van der Waals surface area contributed by atoms with Crippen LogP contribution in [0.15, 0.2) is 4.99 Å². The first kappa shape index (κ1) is 7.05. The molecule has 3 fully saturated rings. The number of hydrogen-bond donors (Lipinski definition) is 0. The van der Waals surface area contributed by atoms with E-state index in [-0.39, 0.29) is 0 Å². The molecule has 0 saturated heterocycles. The fourth-order valence-electron chi connectivity index (χ4n) is 2.57. The van der Waals surface area contributed by atoms with Crippen LogP contribution in [0.2, 0.25) is 0 Å². The molecule has 2 bridgehead atoms. The van der Waals surface area contributed by atoms with E-state index in [1.165, 1.54) is 25.7 Å². The maximum Gasteiger partial charge on any atom is 0.235 e. The topological polar surface area (TPSA) is 29.4 Å². The minimum absolute atomic E-state index is 0.333. The molecule has 60 valence electrons. The highest BCUT2D eigenvalue weighted by Crippen LogP contribution is 2.42. The Morgan fingerprint density at radius 1 is 1.18 bits per heavy atom.